The molecule has 0 aliphatic heterocycles. The molecule has 0 radical (unpaired) electrons. The molecule has 1 aromatic carbocycles. The van der Waals surface area contributed by atoms with Gasteiger partial charge in [-0.05, 0) is 42.9 Å². The SMILES string of the molecule is CC(=O)NCC1Cc2ccc(C(C)=O)cc2C1. The van der Waals surface area contributed by atoms with Gasteiger partial charge in [0, 0.05) is 19.0 Å². The highest BCUT2D eigenvalue weighted by Crippen LogP contribution is 2.27. The molecule has 2 rings (SSSR count). The summed E-state index contributed by atoms with van der Waals surface area (Å²) in [6, 6.07) is 5.92. The zero-order valence-corrected chi connectivity index (χ0v) is 10.2. The number of carbonyl (C=O) groups excluding carboxylic acids is 2. The lowest BCUT2D eigenvalue weighted by molar-refractivity contribution is -0.119. The maximum absolute atomic E-state index is 11.3. The molecule has 3 nitrogen and oxygen atoms in total. The van der Waals surface area contributed by atoms with Crippen molar-refractivity contribution in [3.8, 4) is 0 Å². The Morgan fingerprint density at radius 3 is 2.59 bits per heavy atom. The smallest absolute Gasteiger partial charge is 0.216 e. The predicted octanol–water partition coefficient (Wildman–Crippen LogP) is 1.74. The van der Waals surface area contributed by atoms with Gasteiger partial charge >= 0.3 is 0 Å². The third-order valence-corrected chi connectivity index (χ3v) is 3.27. The second-order valence-corrected chi connectivity index (χ2v) is 4.75. The van der Waals surface area contributed by atoms with E-state index in [2.05, 4.69) is 5.32 Å². The van der Waals surface area contributed by atoms with Crippen molar-refractivity contribution in [2.24, 2.45) is 5.92 Å². The molecule has 0 heterocycles. The van der Waals surface area contributed by atoms with Gasteiger partial charge in [0.1, 0.15) is 0 Å². The van der Waals surface area contributed by atoms with Crippen LogP contribution in [0.3, 0.4) is 0 Å². The monoisotopic (exact) mass is 231 g/mol. The second kappa shape index (κ2) is 4.70. The van der Waals surface area contributed by atoms with Crippen LogP contribution in [0.5, 0.6) is 0 Å². The number of carbonyl (C=O) groups is 2. The van der Waals surface area contributed by atoms with E-state index in [1.165, 1.54) is 18.1 Å². The van der Waals surface area contributed by atoms with Gasteiger partial charge in [0.2, 0.25) is 5.91 Å². The minimum Gasteiger partial charge on any atom is -0.356 e. The van der Waals surface area contributed by atoms with E-state index in [9.17, 15) is 9.59 Å². The summed E-state index contributed by atoms with van der Waals surface area (Å²) in [7, 11) is 0. The number of hydrogen-bond acceptors (Lipinski definition) is 2. The van der Waals surface area contributed by atoms with Crippen molar-refractivity contribution < 1.29 is 9.59 Å². The number of ketones is 1. The van der Waals surface area contributed by atoms with E-state index in [1.54, 1.807) is 6.92 Å². The van der Waals surface area contributed by atoms with Crippen LogP contribution in [-0.4, -0.2) is 18.2 Å². The zero-order valence-electron chi connectivity index (χ0n) is 10.2. The number of hydrogen-bond donors (Lipinski definition) is 1. The van der Waals surface area contributed by atoms with Crippen LogP contribution in [0.4, 0.5) is 0 Å². The summed E-state index contributed by atoms with van der Waals surface area (Å²) in [5, 5.41) is 2.85. The Balaban J connectivity index is 2.06. The normalized spacial score (nSPS) is 17.6. The van der Waals surface area contributed by atoms with Gasteiger partial charge in [-0.3, -0.25) is 9.59 Å². The first-order valence-corrected chi connectivity index (χ1v) is 5.93. The maximum atomic E-state index is 11.3. The first-order chi connectivity index (χ1) is 8.06. The van der Waals surface area contributed by atoms with E-state index >= 15 is 0 Å². The Kier molecular flexibility index (Phi) is 3.27. The Bertz CT molecular complexity index is 465. The molecule has 1 aliphatic rings. The van der Waals surface area contributed by atoms with E-state index in [0.717, 1.165) is 24.9 Å². The lowest BCUT2D eigenvalue weighted by Gasteiger charge is -2.08. The van der Waals surface area contributed by atoms with Crippen molar-refractivity contribution in [1.29, 1.82) is 0 Å². The van der Waals surface area contributed by atoms with Crippen LogP contribution >= 0.6 is 0 Å². The summed E-state index contributed by atoms with van der Waals surface area (Å²) in [6.07, 6.45) is 1.95. The molecule has 0 saturated carbocycles. The van der Waals surface area contributed by atoms with Gasteiger partial charge in [0.15, 0.2) is 5.78 Å². The molecule has 0 spiro atoms. The van der Waals surface area contributed by atoms with E-state index in [4.69, 9.17) is 0 Å². The fraction of sp³-hybridized carbons (Fsp3) is 0.429. The van der Waals surface area contributed by atoms with Crippen molar-refractivity contribution in [1.82, 2.24) is 5.32 Å². The average Bonchev–Trinajstić information content (AvgIpc) is 2.67. The molecule has 0 aromatic heterocycles. The number of nitrogens with one attached hydrogen (secondary N) is 1. The number of Topliss-reactive ketones (excluding diaryl/α,β-unsaturated/α-hetero) is 1. The molecule has 1 amide bonds. The molecule has 0 fully saturated rings. The fourth-order valence-electron chi connectivity index (χ4n) is 2.36. The highest BCUT2D eigenvalue weighted by Gasteiger charge is 2.22. The van der Waals surface area contributed by atoms with Crippen LogP contribution in [0.25, 0.3) is 0 Å². The van der Waals surface area contributed by atoms with Gasteiger partial charge in [0.25, 0.3) is 0 Å². The summed E-state index contributed by atoms with van der Waals surface area (Å²) in [5.74, 6) is 0.597. The standard InChI is InChI=1S/C14H17NO2/c1-9(16)12-3-4-13-5-11(6-14(13)7-12)8-15-10(2)17/h3-4,7,11H,5-6,8H2,1-2H3,(H,15,17). The second-order valence-electron chi connectivity index (χ2n) is 4.75. The van der Waals surface area contributed by atoms with Gasteiger partial charge in [-0.1, -0.05) is 12.1 Å². The Morgan fingerprint density at radius 2 is 1.94 bits per heavy atom. The van der Waals surface area contributed by atoms with Gasteiger partial charge in [-0.15, -0.1) is 0 Å². The lowest BCUT2D eigenvalue weighted by Crippen LogP contribution is -2.27. The molecule has 1 aliphatic carbocycles. The number of rotatable bonds is 3. The molecule has 90 valence electrons. The molecule has 0 saturated heterocycles. The topological polar surface area (TPSA) is 46.2 Å². The van der Waals surface area contributed by atoms with E-state index in [1.807, 2.05) is 18.2 Å². The van der Waals surface area contributed by atoms with Crippen LogP contribution in [0.2, 0.25) is 0 Å². The van der Waals surface area contributed by atoms with Crippen molar-refractivity contribution in [3.63, 3.8) is 0 Å². The third kappa shape index (κ3) is 2.73. The Hall–Kier alpha value is -1.64. The summed E-state index contributed by atoms with van der Waals surface area (Å²) in [4.78, 5) is 22.1. The van der Waals surface area contributed by atoms with Crippen LogP contribution in [-0.2, 0) is 17.6 Å². The summed E-state index contributed by atoms with van der Waals surface area (Å²) in [5.41, 5.74) is 3.35. The Morgan fingerprint density at radius 1 is 1.24 bits per heavy atom. The first kappa shape index (κ1) is 11.8. The molecule has 1 unspecified atom stereocenters. The molecule has 3 heteroatoms. The van der Waals surface area contributed by atoms with Crippen molar-refractivity contribution in [2.75, 3.05) is 6.54 Å². The van der Waals surface area contributed by atoms with Crippen LogP contribution in [0.1, 0.15) is 35.3 Å². The average molecular weight is 231 g/mol. The van der Waals surface area contributed by atoms with Gasteiger partial charge in [0.05, 0.1) is 0 Å². The molecule has 17 heavy (non-hydrogen) atoms. The third-order valence-electron chi connectivity index (χ3n) is 3.27. The van der Waals surface area contributed by atoms with Crippen LogP contribution in [0.15, 0.2) is 18.2 Å². The number of benzene rings is 1. The molecule has 0 bridgehead atoms. The predicted molar refractivity (Wildman–Crippen MR) is 66.0 cm³/mol. The Labute approximate surface area is 101 Å². The minimum absolute atomic E-state index is 0.0189. The molecular formula is C14H17NO2. The van der Waals surface area contributed by atoms with Crippen LogP contribution < -0.4 is 5.32 Å². The molecular weight excluding hydrogens is 214 g/mol. The summed E-state index contributed by atoms with van der Waals surface area (Å²) < 4.78 is 0. The lowest BCUT2D eigenvalue weighted by atomic mass is 10.0. The minimum atomic E-state index is 0.0189. The van der Waals surface area contributed by atoms with Crippen LogP contribution in [0, 0.1) is 5.92 Å². The first-order valence-electron chi connectivity index (χ1n) is 5.93. The molecule has 1 aromatic rings. The maximum Gasteiger partial charge on any atom is 0.216 e. The van der Waals surface area contributed by atoms with Gasteiger partial charge in [-0.2, -0.15) is 0 Å². The van der Waals surface area contributed by atoms with E-state index < -0.39 is 0 Å². The van der Waals surface area contributed by atoms with E-state index in [0.29, 0.717) is 5.92 Å². The van der Waals surface area contributed by atoms with Crippen molar-refractivity contribution in [2.45, 2.75) is 26.7 Å². The summed E-state index contributed by atoms with van der Waals surface area (Å²) in [6.45, 7) is 3.85. The highest BCUT2D eigenvalue weighted by atomic mass is 16.1. The van der Waals surface area contributed by atoms with Gasteiger partial charge in [-0.25, -0.2) is 0 Å². The van der Waals surface area contributed by atoms with E-state index in [-0.39, 0.29) is 11.7 Å². The van der Waals surface area contributed by atoms with Gasteiger partial charge < -0.3 is 5.32 Å². The fourth-order valence-corrected chi connectivity index (χ4v) is 2.36. The molecule has 1 N–H and O–H groups in total. The quantitative estimate of drug-likeness (QED) is 0.805. The number of amides is 1. The van der Waals surface area contributed by atoms with Crippen molar-refractivity contribution >= 4 is 11.7 Å². The zero-order chi connectivity index (χ0) is 12.4. The summed E-state index contributed by atoms with van der Waals surface area (Å²) >= 11 is 0. The highest BCUT2D eigenvalue weighted by molar-refractivity contribution is 5.94. The number of fused-ring (bicyclic) bond motifs is 1. The molecule has 1 atom stereocenters. The van der Waals surface area contributed by atoms with Crippen molar-refractivity contribution in [3.05, 3.63) is 34.9 Å². The largest absolute Gasteiger partial charge is 0.356 e.